The predicted octanol–water partition coefficient (Wildman–Crippen LogP) is 8.91. The highest BCUT2D eigenvalue weighted by Crippen LogP contribution is 2.29. The molecule has 0 aromatic heterocycles. The molecule has 3 nitrogen and oxygen atoms in total. The molecule has 0 unspecified atom stereocenters. The number of allylic oxidation sites excluding steroid dienone is 7. The first-order valence-electron chi connectivity index (χ1n) is 11.7. The molecule has 0 aromatic carbocycles. The van der Waals surface area contributed by atoms with Crippen LogP contribution in [-0.4, -0.2) is 6.04 Å². The minimum Gasteiger partial charge on any atom is -0.382 e. The van der Waals surface area contributed by atoms with Gasteiger partial charge >= 0.3 is 0 Å². The third-order valence-corrected chi connectivity index (χ3v) is 5.28. The Morgan fingerprint density at radius 1 is 1.03 bits per heavy atom. The maximum Gasteiger partial charge on any atom is 0.0859 e. The van der Waals surface area contributed by atoms with E-state index in [4.69, 9.17) is 0 Å². The van der Waals surface area contributed by atoms with E-state index in [-0.39, 0.29) is 0 Å². The second-order valence-corrected chi connectivity index (χ2v) is 8.80. The number of unbranched alkanes of at least 4 members (excludes halogenated alkanes) is 2. The van der Waals surface area contributed by atoms with Crippen molar-refractivity contribution < 1.29 is 0 Å². The van der Waals surface area contributed by atoms with Gasteiger partial charge < -0.3 is 5.32 Å². The first-order valence-corrected chi connectivity index (χ1v) is 11.7. The fourth-order valence-electron chi connectivity index (χ4n) is 3.42. The van der Waals surface area contributed by atoms with Gasteiger partial charge in [-0.15, -0.1) is 4.91 Å². The van der Waals surface area contributed by atoms with Crippen molar-refractivity contribution in [2.75, 3.05) is 0 Å². The molecule has 0 atom stereocenters. The molecule has 0 aliphatic rings. The van der Waals surface area contributed by atoms with Gasteiger partial charge in [0.2, 0.25) is 0 Å². The van der Waals surface area contributed by atoms with Gasteiger partial charge in [-0.2, -0.15) is 0 Å². The number of nitroso groups, excluding NO2 is 1. The molecule has 0 radical (unpaired) electrons. The molecule has 0 aliphatic carbocycles. The number of hydrogen-bond donors (Lipinski definition) is 1. The van der Waals surface area contributed by atoms with E-state index in [2.05, 4.69) is 77.7 Å². The molecule has 1 N–H and O–H groups in total. The first-order chi connectivity index (χ1) is 14.2. The third-order valence-electron chi connectivity index (χ3n) is 5.28. The number of nitrogens with zero attached hydrogens (tertiary/aromatic N) is 1. The second kappa shape index (κ2) is 15.9. The van der Waals surface area contributed by atoms with Crippen molar-refractivity contribution in [2.45, 2.75) is 113 Å². The zero-order valence-corrected chi connectivity index (χ0v) is 21.0. The van der Waals surface area contributed by atoms with Gasteiger partial charge in [-0.3, -0.25) is 0 Å². The summed E-state index contributed by atoms with van der Waals surface area (Å²) in [5, 5.41) is 6.90. The van der Waals surface area contributed by atoms with Gasteiger partial charge in [-0.25, -0.2) is 0 Å². The van der Waals surface area contributed by atoms with Gasteiger partial charge in [0, 0.05) is 11.7 Å². The Hall–Kier alpha value is -1.90. The molecule has 0 amide bonds. The molecular formula is C27H46N2O. The fraction of sp³-hybridized carbons (Fsp3) is 0.630. The summed E-state index contributed by atoms with van der Waals surface area (Å²) < 4.78 is 0. The van der Waals surface area contributed by atoms with Crippen molar-refractivity contribution in [1.29, 1.82) is 0 Å². The van der Waals surface area contributed by atoms with Crippen molar-refractivity contribution in [2.24, 2.45) is 5.18 Å². The quantitative estimate of drug-likeness (QED) is 0.126. The lowest BCUT2D eigenvalue weighted by atomic mass is 9.92. The Kier molecular flexibility index (Phi) is 14.9. The molecular weight excluding hydrogens is 368 g/mol. The molecule has 30 heavy (non-hydrogen) atoms. The van der Waals surface area contributed by atoms with E-state index in [1.807, 2.05) is 0 Å². The summed E-state index contributed by atoms with van der Waals surface area (Å²) in [5.41, 5.74) is 7.57. The average molecular weight is 415 g/mol. The van der Waals surface area contributed by atoms with E-state index >= 15 is 0 Å². The summed E-state index contributed by atoms with van der Waals surface area (Å²) in [7, 11) is 0. The number of hydrogen-bond acceptors (Lipinski definition) is 3. The van der Waals surface area contributed by atoms with E-state index in [1.54, 1.807) is 6.92 Å². The van der Waals surface area contributed by atoms with Gasteiger partial charge in [-0.1, -0.05) is 56.6 Å². The van der Waals surface area contributed by atoms with Crippen LogP contribution in [0.5, 0.6) is 0 Å². The summed E-state index contributed by atoms with van der Waals surface area (Å²) in [6, 6.07) is 0.302. The Bertz CT molecular complexity index is 671. The predicted molar refractivity (Wildman–Crippen MR) is 134 cm³/mol. The van der Waals surface area contributed by atoms with Crippen LogP contribution >= 0.6 is 0 Å². The van der Waals surface area contributed by atoms with Crippen molar-refractivity contribution in [3.63, 3.8) is 0 Å². The van der Waals surface area contributed by atoms with Gasteiger partial charge in [0.1, 0.15) is 0 Å². The van der Waals surface area contributed by atoms with Crippen LogP contribution in [0, 0.1) is 4.91 Å². The largest absolute Gasteiger partial charge is 0.382 e. The van der Waals surface area contributed by atoms with Gasteiger partial charge in [-0.05, 0) is 102 Å². The third kappa shape index (κ3) is 11.3. The molecule has 0 saturated heterocycles. The summed E-state index contributed by atoms with van der Waals surface area (Å²) in [6.07, 6.45) is 12.9. The summed E-state index contributed by atoms with van der Waals surface area (Å²) in [6.45, 7) is 21.4. The fourth-order valence-corrected chi connectivity index (χ4v) is 3.42. The summed E-state index contributed by atoms with van der Waals surface area (Å²) in [5.74, 6) is 0. The molecule has 0 rings (SSSR count). The maximum atomic E-state index is 11.4. The van der Waals surface area contributed by atoms with Gasteiger partial charge in [0.15, 0.2) is 0 Å². The van der Waals surface area contributed by atoms with Crippen LogP contribution in [0.15, 0.2) is 63.2 Å². The smallest absolute Gasteiger partial charge is 0.0859 e. The molecule has 0 aliphatic heterocycles. The van der Waals surface area contributed by atoms with Crippen LogP contribution < -0.4 is 5.32 Å². The lowest BCUT2D eigenvalue weighted by Crippen LogP contribution is -2.25. The Labute approximate surface area is 186 Å². The molecule has 3 heteroatoms. The lowest BCUT2D eigenvalue weighted by Gasteiger charge is -2.23. The monoisotopic (exact) mass is 414 g/mol. The topological polar surface area (TPSA) is 41.5 Å². The van der Waals surface area contributed by atoms with E-state index in [0.717, 1.165) is 42.5 Å². The van der Waals surface area contributed by atoms with E-state index < -0.39 is 0 Å². The van der Waals surface area contributed by atoms with Gasteiger partial charge in [0.25, 0.3) is 0 Å². The van der Waals surface area contributed by atoms with Crippen molar-refractivity contribution in [3.05, 3.63) is 62.9 Å². The van der Waals surface area contributed by atoms with Crippen molar-refractivity contribution >= 4 is 0 Å². The van der Waals surface area contributed by atoms with E-state index in [1.165, 1.54) is 36.0 Å². The van der Waals surface area contributed by atoms with Gasteiger partial charge in [0.05, 0.1) is 5.70 Å². The standard InChI is InChI=1S/C27H46N2O/c1-10-12-13-17-25(11-2)27(28-21(5)6)23(8)26(24(9)29-30)19-18-22(7)16-14-15-20(3)4/h15,18,21,28H,8,10-14,16-17,19H2,1-7,9H3/b22-18+,26-24+,27-25-. The molecule has 0 spiro atoms. The normalized spacial score (nSPS) is 13.6. The average Bonchev–Trinajstić information content (AvgIpc) is 2.69. The number of rotatable bonds is 15. The van der Waals surface area contributed by atoms with Crippen molar-refractivity contribution in [3.8, 4) is 0 Å². The highest BCUT2D eigenvalue weighted by Gasteiger charge is 2.16. The minimum atomic E-state index is 0.302. The first kappa shape index (κ1) is 28.1. The van der Waals surface area contributed by atoms with Crippen LogP contribution in [0.1, 0.15) is 107 Å². The molecule has 0 fully saturated rings. The molecule has 170 valence electrons. The van der Waals surface area contributed by atoms with Crippen LogP contribution in [0.3, 0.4) is 0 Å². The van der Waals surface area contributed by atoms with E-state index in [0.29, 0.717) is 18.2 Å². The van der Waals surface area contributed by atoms with Crippen LogP contribution in [0.25, 0.3) is 0 Å². The Morgan fingerprint density at radius 3 is 2.20 bits per heavy atom. The SMILES string of the molecule is C=C(/C(NC(C)C)=C(\CC)CCCCC)/C(C/C=C(\C)CCC=C(C)C)=C(\C)N=O. The van der Waals surface area contributed by atoms with Crippen molar-refractivity contribution in [1.82, 2.24) is 5.32 Å². The zero-order chi connectivity index (χ0) is 23.1. The summed E-state index contributed by atoms with van der Waals surface area (Å²) in [4.78, 5) is 11.4. The molecule has 0 heterocycles. The highest BCUT2D eigenvalue weighted by molar-refractivity contribution is 5.49. The maximum absolute atomic E-state index is 11.4. The Balaban J connectivity index is 5.82. The lowest BCUT2D eigenvalue weighted by molar-refractivity contribution is 0.644. The Morgan fingerprint density at radius 2 is 1.70 bits per heavy atom. The molecule has 0 saturated carbocycles. The highest BCUT2D eigenvalue weighted by atomic mass is 16.3. The van der Waals surface area contributed by atoms with E-state index in [9.17, 15) is 4.91 Å². The molecule has 0 bridgehead atoms. The number of nitrogens with one attached hydrogen (secondary N) is 1. The summed E-state index contributed by atoms with van der Waals surface area (Å²) >= 11 is 0. The second-order valence-electron chi connectivity index (χ2n) is 8.80. The zero-order valence-electron chi connectivity index (χ0n) is 21.0. The minimum absolute atomic E-state index is 0.302. The van der Waals surface area contributed by atoms with Crippen LogP contribution in [0.2, 0.25) is 0 Å². The van der Waals surface area contributed by atoms with Crippen LogP contribution in [-0.2, 0) is 0 Å². The molecule has 0 aromatic rings. The van der Waals surface area contributed by atoms with Crippen LogP contribution in [0.4, 0.5) is 0 Å².